The third-order valence-electron chi connectivity index (χ3n) is 5.25. The molecule has 3 heterocycles. The van der Waals surface area contributed by atoms with Crippen LogP contribution in [0.4, 0.5) is 0 Å². The van der Waals surface area contributed by atoms with Crippen molar-refractivity contribution in [3.05, 3.63) is 84.1 Å². The molecule has 0 saturated carbocycles. The second-order valence-corrected chi connectivity index (χ2v) is 7.24. The number of H-pyrrole nitrogens is 1. The topological polar surface area (TPSA) is 80.3 Å². The van der Waals surface area contributed by atoms with Crippen molar-refractivity contribution >= 4 is 10.9 Å². The first-order valence-electron chi connectivity index (χ1n) is 9.67. The van der Waals surface area contributed by atoms with Gasteiger partial charge in [-0.05, 0) is 30.3 Å². The summed E-state index contributed by atoms with van der Waals surface area (Å²) in [5.74, 6) is 2.16. The zero-order valence-electron chi connectivity index (χ0n) is 15.8. The molecule has 4 aromatic rings. The van der Waals surface area contributed by atoms with E-state index in [9.17, 15) is 5.11 Å². The number of nitrogens with one attached hydrogen (secondary N) is 1. The van der Waals surface area contributed by atoms with Gasteiger partial charge in [0.05, 0.1) is 23.9 Å². The lowest BCUT2D eigenvalue weighted by molar-refractivity contribution is 0.0495. The van der Waals surface area contributed by atoms with E-state index in [1.807, 2.05) is 54.6 Å². The SMILES string of the molecule is O[C@@H]1c2cc(OCc3ccc4ccccc4n3)ccc2OC[C@H]1Cc1ncc[nH]1. The van der Waals surface area contributed by atoms with Gasteiger partial charge in [-0.2, -0.15) is 0 Å². The summed E-state index contributed by atoms with van der Waals surface area (Å²) in [5.41, 5.74) is 2.55. The molecule has 0 fully saturated rings. The molecule has 0 radical (unpaired) electrons. The summed E-state index contributed by atoms with van der Waals surface area (Å²) in [6.45, 7) is 0.812. The van der Waals surface area contributed by atoms with Gasteiger partial charge in [0.15, 0.2) is 0 Å². The maximum absolute atomic E-state index is 10.9. The van der Waals surface area contributed by atoms with Crippen LogP contribution in [0.3, 0.4) is 0 Å². The van der Waals surface area contributed by atoms with E-state index < -0.39 is 6.10 Å². The van der Waals surface area contributed by atoms with Gasteiger partial charge in [-0.25, -0.2) is 9.97 Å². The molecule has 0 spiro atoms. The number of aromatic nitrogens is 3. The third-order valence-corrected chi connectivity index (χ3v) is 5.25. The number of pyridine rings is 1. The van der Waals surface area contributed by atoms with E-state index in [-0.39, 0.29) is 5.92 Å². The Morgan fingerprint density at radius 2 is 2.07 bits per heavy atom. The second kappa shape index (κ2) is 7.56. The number of aliphatic hydroxyl groups is 1. The number of aliphatic hydroxyl groups excluding tert-OH is 1. The van der Waals surface area contributed by atoms with Gasteiger partial charge < -0.3 is 19.6 Å². The summed E-state index contributed by atoms with van der Waals surface area (Å²) in [6.07, 6.45) is 3.49. The maximum Gasteiger partial charge on any atom is 0.130 e. The molecule has 6 heteroatoms. The Morgan fingerprint density at radius 3 is 2.97 bits per heavy atom. The molecule has 5 rings (SSSR count). The van der Waals surface area contributed by atoms with Crippen LogP contribution < -0.4 is 9.47 Å². The molecule has 1 aliphatic rings. The highest BCUT2D eigenvalue weighted by molar-refractivity contribution is 5.78. The first-order chi connectivity index (χ1) is 14.3. The van der Waals surface area contributed by atoms with E-state index in [1.165, 1.54) is 0 Å². The molecule has 0 bridgehead atoms. The van der Waals surface area contributed by atoms with Crippen LogP contribution in [0.2, 0.25) is 0 Å². The number of benzene rings is 2. The van der Waals surface area contributed by atoms with Gasteiger partial charge in [0.1, 0.15) is 23.9 Å². The van der Waals surface area contributed by atoms with Gasteiger partial charge >= 0.3 is 0 Å². The average molecular weight is 387 g/mol. The normalized spacial score (nSPS) is 18.2. The summed E-state index contributed by atoms with van der Waals surface area (Å²) in [5, 5.41) is 12.0. The third kappa shape index (κ3) is 3.67. The zero-order valence-corrected chi connectivity index (χ0v) is 15.8. The highest BCUT2D eigenvalue weighted by atomic mass is 16.5. The van der Waals surface area contributed by atoms with E-state index in [1.54, 1.807) is 12.4 Å². The molecule has 2 atom stereocenters. The molecule has 1 aliphatic heterocycles. The Labute approximate surface area is 168 Å². The predicted molar refractivity (Wildman–Crippen MR) is 109 cm³/mol. The van der Waals surface area contributed by atoms with Crippen molar-refractivity contribution < 1.29 is 14.6 Å². The average Bonchev–Trinajstić information content (AvgIpc) is 3.27. The lowest BCUT2D eigenvalue weighted by Crippen LogP contribution is -2.28. The smallest absolute Gasteiger partial charge is 0.130 e. The van der Waals surface area contributed by atoms with E-state index in [0.29, 0.717) is 31.1 Å². The summed E-state index contributed by atoms with van der Waals surface area (Å²) in [7, 11) is 0. The van der Waals surface area contributed by atoms with Crippen molar-refractivity contribution in [2.75, 3.05) is 6.61 Å². The van der Waals surface area contributed by atoms with Gasteiger partial charge in [-0.3, -0.25) is 0 Å². The summed E-state index contributed by atoms with van der Waals surface area (Å²) < 4.78 is 11.8. The molecular formula is C23H21N3O3. The minimum atomic E-state index is -0.633. The molecule has 2 N–H and O–H groups in total. The first kappa shape index (κ1) is 17.7. The van der Waals surface area contributed by atoms with Gasteiger partial charge in [-0.1, -0.05) is 24.3 Å². The number of imidazole rings is 1. The standard InChI is InChI=1S/C23H21N3O3/c27-23-16(11-22-24-9-10-25-22)13-29-21-8-7-18(12-19(21)23)28-14-17-6-5-15-3-1-2-4-20(15)26-17/h1-10,12,16,23,27H,11,13-14H2,(H,24,25)/t16-,23+/m1/s1. The molecular weight excluding hydrogens is 366 g/mol. The fourth-order valence-corrected chi connectivity index (χ4v) is 3.70. The number of para-hydroxylation sites is 1. The lowest BCUT2D eigenvalue weighted by atomic mass is 9.90. The molecule has 0 aliphatic carbocycles. The number of hydrogen-bond donors (Lipinski definition) is 2. The minimum Gasteiger partial charge on any atom is -0.493 e. The highest BCUT2D eigenvalue weighted by Crippen LogP contribution is 2.38. The first-order valence-corrected chi connectivity index (χ1v) is 9.67. The van der Waals surface area contributed by atoms with Crippen LogP contribution in [-0.4, -0.2) is 26.7 Å². The summed E-state index contributed by atoms with van der Waals surface area (Å²) in [4.78, 5) is 12.0. The van der Waals surface area contributed by atoms with Crippen LogP contribution in [0.5, 0.6) is 11.5 Å². The van der Waals surface area contributed by atoms with Crippen molar-refractivity contribution in [1.29, 1.82) is 0 Å². The van der Waals surface area contributed by atoms with Crippen molar-refractivity contribution in [3.63, 3.8) is 0 Å². The van der Waals surface area contributed by atoms with Crippen LogP contribution >= 0.6 is 0 Å². The number of nitrogens with zero attached hydrogens (tertiary/aromatic N) is 2. The van der Waals surface area contributed by atoms with Gasteiger partial charge in [0, 0.05) is 35.7 Å². The maximum atomic E-state index is 10.9. The van der Waals surface area contributed by atoms with Crippen LogP contribution in [-0.2, 0) is 13.0 Å². The second-order valence-electron chi connectivity index (χ2n) is 7.24. The van der Waals surface area contributed by atoms with Crippen molar-refractivity contribution in [3.8, 4) is 11.5 Å². The van der Waals surface area contributed by atoms with Gasteiger partial charge in [-0.15, -0.1) is 0 Å². The molecule has 0 saturated heterocycles. The Hall–Kier alpha value is -3.38. The van der Waals surface area contributed by atoms with E-state index in [4.69, 9.17) is 9.47 Å². The van der Waals surface area contributed by atoms with E-state index in [2.05, 4.69) is 15.0 Å². The Kier molecular flexibility index (Phi) is 4.62. The molecule has 0 unspecified atom stereocenters. The molecule has 2 aromatic carbocycles. The fraction of sp³-hybridized carbons (Fsp3) is 0.217. The summed E-state index contributed by atoms with van der Waals surface area (Å²) >= 11 is 0. The quantitative estimate of drug-likeness (QED) is 0.544. The number of fused-ring (bicyclic) bond motifs is 2. The van der Waals surface area contributed by atoms with Crippen LogP contribution in [0.15, 0.2) is 67.0 Å². The Bertz CT molecular complexity index is 1130. The van der Waals surface area contributed by atoms with Crippen LogP contribution in [0.1, 0.15) is 23.2 Å². The van der Waals surface area contributed by atoms with E-state index in [0.717, 1.165) is 28.0 Å². The van der Waals surface area contributed by atoms with Crippen molar-refractivity contribution in [1.82, 2.24) is 15.0 Å². The van der Waals surface area contributed by atoms with Crippen LogP contribution in [0, 0.1) is 5.92 Å². The molecule has 2 aromatic heterocycles. The largest absolute Gasteiger partial charge is 0.493 e. The zero-order chi connectivity index (χ0) is 19.6. The minimum absolute atomic E-state index is 0.0638. The number of rotatable bonds is 5. The molecule has 29 heavy (non-hydrogen) atoms. The Balaban J connectivity index is 1.31. The Morgan fingerprint density at radius 1 is 1.14 bits per heavy atom. The van der Waals surface area contributed by atoms with Crippen molar-refractivity contribution in [2.45, 2.75) is 19.1 Å². The lowest BCUT2D eigenvalue weighted by Gasteiger charge is -2.30. The number of aromatic amines is 1. The monoisotopic (exact) mass is 387 g/mol. The van der Waals surface area contributed by atoms with Crippen molar-refractivity contribution in [2.24, 2.45) is 5.92 Å². The number of ether oxygens (including phenoxy) is 2. The molecule has 146 valence electrons. The summed E-state index contributed by atoms with van der Waals surface area (Å²) in [6, 6.07) is 17.6. The van der Waals surface area contributed by atoms with E-state index >= 15 is 0 Å². The predicted octanol–water partition coefficient (Wildman–Crippen LogP) is 3.82. The molecule has 0 amide bonds. The van der Waals surface area contributed by atoms with Gasteiger partial charge in [0.2, 0.25) is 0 Å². The fourth-order valence-electron chi connectivity index (χ4n) is 3.70. The highest BCUT2D eigenvalue weighted by Gasteiger charge is 2.30. The number of hydrogen-bond acceptors (Lipinski definition) is 5. The molecule has 6 nitrogen and oxygen atoms in total. The van der Waals surface area contributed by atoms with Crippen LogP contribution in [0.25, 0.3) is 10.9 Å². The van der Waals surface area contributed by atoms with Gasteiger partial charge in [0.25, 0.3) is 0 Å².